The summed E-state index contributed by atoms with van der Waals surface area (Å²) in [7, 11) is 1.70. The highest BCUT2D eigenvalue weighted by atomic mass is 16.5. The first-order valence-electron chi connectivity index (χ1n) is 12.8. The molecule has 0 atom stereocenters. The molecule has 2 aliphatic rings. The number of rotatable bonds is 7. The van der Waals surface area contributed by atoms with E-state index >= 15 is 0 Å². The Morgan fingerprint density at radius 1 is 0.857 bits per heavy atom. The number of hydrogen-bond acceptors (Lipinski definition) is 6. The van der Waals surface area contributed by atoms with Crippen LogP contribution in [0.1, 0.15) is 51.4 Å². The number of hydrogen-bond donors (Lipinski definition) is 2. The minimum absolute atomic E-state index is 0.478. The van der Waals surface area contributed by atoms with E-state index in [-0.39, 0.29) is 0 Å². The Kier molecular flexibility index (Phi) is 5.98. The summed E-state index contributed by atoms with van der Waals surface area (Å²) in [6.07, 6.45) is 13.7. The molecule has 3 aromatic heterocycles. The second-order valence-corrected chi connectivity index (χ2v) is 9.67. The molecule has 4 aromatic rings. The summed E-state index contributed by atoms with van der Waals surface area (Å²) in [4.78, 5) is 9.43. The van der Waals surface area contributed by atoms with Gasteiger partial charge in [-0.1, -0.05) is 37.8 Å². The fraction of sp³-hybridized carbons (Fsp3) is 0.393. The first kappa shape index (κ1) is 21.9. The van der Waals surface area contributed by atoms with E-state index in [0.717, 1.165) is 45.4 Å². The minimum atomic E-state index is 0.478. The topological polar surface area (TPSA) is 76.4 Å². The molecular formula is C28H32N6O. The standard InChI is InChI=1S/C28H32N6O/c1-35-23-13-7-6-12-22(23)27-26(19-14-16-29-24(18-19)31-20-8-2-3-9-20)28-30-17-15-25(34(28)33-27)32-21-10-4-5-11-21/h6-7,12-18,20-21,32H,2-5,8-11H2,1H3,(H,29,31). The number of nitrogens with one attached hydrogen (secondary N) is 2. The Morgan fingerprint density at radius 2 is 1.57 bits per heavy atom. The van der Waals surface area contributed by atoms with E-state index in [1.165, 1.54) is 51.4 Å². The van der Waals surface area contributed by atoms with Crippen molar-refractivity contribution in [1.29, 1.82) is 0 Å². The van der Waals surface area contributed by atoms with Gasteiger partial charge in [-0.3, -0.25) is 0 Å². The molecule has 1 aromatic carbocycles. The van der Waals surface area contributed by atoms with E-state index in [4.69, 9.17) is 14.8 Å². The number of methoxy groups -OCH3 is 1. The SMILES string of the molecule is COc1ccccc1-c1nn2c(NC3CCCC3)ccnc2c1-c1ccnc(NC2CCCC2)c1. The number of nitrogens with zero attached hydrogens (tertiary/aromatic N) is 4. The molecule has 2 aliphatic carbocycles. The third-order valence-electron chi connectivity index (χ3n) is 7.34. The largest absolute Gasteiger partial charge is 0.496 e. The number of ether oxygens (including phenoxy) is 1. The first-order valence-corrected chi connectivity index (χ1v) is 12.8. The average Bonchev–Trinajstić information content (AvgIpc) is 3.66. The van der Waals surface area contributed by atoms with Gasteiger partial charge in [-0.15, -0.1) is 0 Å². The summed E-state index contributed by atoms with van der Waals surface area (Å²) in [5, 5.41) is 12.5. The summed E-state index contributed by atoms with van der Waals surface area (Å²) >= 11 is 0. The van der Waals surface area contributed by atoms with Gasteiger partial charge in [-0.25, -0.2) is 9.97 Å². The van der Waals surface area contributed by atoms with Crippen molar-refractivity contribution in [3.63, 3.8) is 0 Å². The number of anilines is 2. The second kappa shape index (κ2) is 9.56. The fourth-order valence-corrected chi connectivity index (χ4v) is 5.57. The van der Waals surface area contributed by atoms with Gasteiger partial charge in [0.25, 0.3) is 0 Å². The third-order valence-corrected chi connectivity index (χ3v) is 7.34. The summed E-state index contributed by atoms with van der Waals surface area (Å²) in [5.41, 5.74) is 4.66. The van der Waals surface area contributed by atoms with Gasteiger partial charge in [0.05, 0.1) is 12.7 Å². The molecule has 3 heterocycles. The average molecular weight is 469 g/mol. The lowest BCUT2D eigenvalue weighted by Gasteiger charge is -2.14. The zero-order valence-electron chi connectivity index (χ0n) is 20.2. The fourth-order valence-electron chi connectivity index (χ4n) is 5.57. The lowest BCUT2D eigenvalue weighted by molar-refractivity contribution is 0.416. The zero-order chi connectivity index (χ0) is 23.6. The van der Waals surface area contributed by atoms with Crippen LogP contribution in [-0.4, -0.2) is 38.8 Å². The highest BCUT2D eigenvalue weighted by molar-refractivity contribution is 5.93. The maximum Gasteiger partial charge on any atom is 0.165 e. The second-order valence-electron chi connectivity index (χ2n) is 9.67. The molecule has 7 heteroatoms. The van der Waals surface area contributed by atoms with Gasteiger partial charge in [0.2, 0.25) is 0 Å². The molecular weight excluding hydrogens is 436 g/mol. The highest BCUT2D eigenvalue weighted by Gasteiger charge is 2.24. The molecule has 0 aliphatic heterocycles. The van der Waals surface area contributed by atoms with Crippen LogP contribution in [0.5, 0.6) is 5.75 Å². The monoisotopic (exact) mass is 468 g/mol. The Balaban J connectivity index is 1.50. The molecule has 2 saturated carbocycles. The van der Waals surface area contributed by atoms with Crippen molar-refractivity contribution in [1.82, 2.24) is 19.6 Å². The van der Waals surface area contributed by atoms with Crippen LogP contribution in [0, 0.1) is 0 Å². The molecule has 0 bridgehead atoms. The summed E-state index contributed by atoms with van der Waals surface area (Å²) in [5.74, 6) is 2.67. The van der Waals surface area contributed by atoms with Crippen molar-refractivity contribution in [3.8, 4) is 28.1 Å². The molecule has 0 unspecified atom stereocenters. The number of pyridine rings is 1. The lowest BCUT2D eigenvalue weighted by Crippen LogP contribution is -2.17. The Hall–Kier alpha value is -3.61. The summed E-state index contributed by atoms with van der Waals surface area (Å²) in [6, 6.07) is 15.2. The molecule has 0 spiro atoms. The van der Waals surface area contributed by atoms with E-state index in [2.05, 4.69) is 33.8 Å². The predicted molar refractivity (Wildman–Crippen MR) is 140 cm³/mol. The first-order chi connectivity index (χ1) is 17.3. The molecule has 35 heavy (non-hydrogen) atoms. The van der Waals surface area contributed by atoms with Crippen LogP contribution >= 0.6 is 0 Å². The molecule has 0 amide bonds. The van der Waals surface area contributed by atoms with Crippen molar-refractivity contribution in [2.45, 2.75) is 63.5 Å². The smallest absolute Gasteiger partial charge is 0.165 e. The van der Waals surface area contributed by atoms with Gasteiger partial charge in [0.15, 0.2) is 5.65 Å². The molecule has 2 fully saturated rings. The van der Waals surface area contributed by atoms with E-state index in [1.807, 2.05) is 41.2 Å². The van der Waals surface area contributed by atoms with Crippen LogP contribution in [0.25, 0.3) is 28.0 Å². The highest BCUT2D eigenvalue weighted by Crippen LogP contribution is 2.40. The number of aromatic nitrogens is 4. The number of fused-ring (bicyclic) bond motifs is 1. The van der Waals surface area contributed by atoms with Gasteiger partial charge in [0.1, 0.15) is 23.1 Å². The van der Waals surface area contributed by atoms with Crippen molar-refractivity contribution in [2.24, 2.45) is 0 Å². The van der Waals surface area contributed by atoms with Gasteiger partial charge >= 0.3 is 0 Å². The quantitative estimate of drug-likeness (QED) is 0.337. The lowest BCUT2D eigenvalue weighted by atomic mass is 10.0. The number of benzene rings is 1. The normalized spacial score (nSPS) is 16.7. The number of para-hydroxylation sites is 1. The van der Waals surface area contributed by atoms with Gasteiger partial charge in [-0.2, -0.15) is 9.61 Å². The Labute approximate surface area is 206 Å². The molecule has 6 rings (SSSR count). The van der Waals surface area contributed by atoms with Crippen molar-refractivity contribution < 1.29 is 4.74 Å². The van der Waals surface area contributed by atoms with Gasteiger partial charge in [-0.05, 0) is 61.6 Å². The van der Waals surface area contributed by atoms with Crippen LogP contribution in [0.15, 0.2) is 54.9 Å². The maximum absolute atomic E-state index is 5.73. The maximum atomic E-state index is 5.73. The van der Waals surface area contributed by atoms with Crippen LogP contribution in [0.3, 0.4) is 0 Å². The van der Waals surface area contributed by atoms with E-state index in [9.17, 15) is 0 Å². The Bertz CT molecular complexity index is 1320. The van der Waals surface area contributed by atoms with Crippen LogP contribution < -0.4 is 15.4 Å². The Morgan fingerprint density at radius 3 is 2.34 bits per heavy atom. The third kappa shape index (κ3) is 4.31. The summed E-state index contributed by atoms with van der Waals surface area (Å²) in [6.45, 7) is 0. The molecule has 0 saturated heterocycles. The molecule has 2 N–H and O–H groups in total. The molecule has 7 nitrogen and oxygen atoms in total. The molecule has 0 radical (unpaired) electrons. The van der Waals surface area contributed by atoms with Crippen molar-refractivity contribution in [2.75, 3.05) is 17.7 Å². The van der Waals surface area contributed by atoms with Crippen LogP contribution in [0.2, 0.25) is 0 Å². The predicted octanol–water partition coefficient (Wildman–Crippen LogP) is 6.18. The summed E-state index contributed by atoms with van der Waals surface area (Å²) < 4.78 is 7.69. The van der Waals surface area contributed by atoms with Crippen LogP contribution in [-0.2, 0) is 0 Å². The van der Waals surface area contributed by atoms with E-state index in [1.54, 1.807) is 7.11 Å². The van der Waals surface area contributed by atoms with Gasteiger partial charge in [0, 0.05) is 30.0 Å². The van der Waals surface area contributed by atoms with Crippen molar-refractivity contribution in [3.05, 3.63) is 54.9 Å². The van der Waals surface area contributed by atoms with Gasteiger partial charge < -0.3 is 15.4 Å². The van der Waals surface area contributed by atoms with Crippen molar-refractivity contribution >= 4 is 17.3 Å². The van der Waals surface area contributed by atoms with E-state index in [0.29, 0.717) is 12.1 Å². The minimum Gasteiger partial charge on any atom is -0.496 e. The zero-order valence-corrected chi connectivity index (χ0v) is 20.2. The van der Waals surface area contributed by atoms with E-state index < -0.39 is 0 Å². The van der Waals surface area contributed by atoms with Crippen LogP contribution in [0.4, 0.5) is 11.6 Å². The molecule has 180 valence electrons.